The molecule has 4 heterocycles. The van der Waals surface area contributed by atoms with E-state index in [-0.39, 0.29) is 11.9 Å². The van der Waals surface area contributed by atoms with Crippen LogP contribution in [0.4, 0.5) is 0 Å². The molecule has 1 atom stereocenters. The molecule has 5 rings (SSSR count). The minimum absolute atomic E-state index is 0.0387. The zero-order valence-corrected chi connectivity index (χ0v) is 12.4. The molecule has 4 aliphatic rings. The van der Waals surface area contributed by atoms with Crippen molar-refractivity contribution in [2.75, 3.05) is 13.1 Å². The molecule has 1 aromatic rings. The summed E-state index contributed by atoms with van der Waals surface area (Å²) in [4.78, 5) is 14.9. The molecule has 0 aromatic heterocycles. The monoisotopic (exact) mass is 283 g/mol. The number of piperidine rings is 1. The molecular formula is C17H21N3O. The summed E-state index contributed by atoms with van der Waals surface area (Å²) in [7, 11) is 0. The Kier molecular flexibility index (Phi) is 2.91. The Morgan fingerprint density at radius 1 is 1.24 bits per heavy atom. The van der Waals surface area contributed by atoms with Gasteiger partial charge in [0.2, 0.25) is 5.91 Å². The van der Waals surface area contributed by atoms with Crippen LogP contribution in [0.15, 0.2) is 41.7 Å². The molecule has 1 amide bonds. The molecule has 1 saturated heterocycles. The molecule has 1 fully saturated rings. The first kappa shape index (κ1) is 12.7. The fourth-order valence-corrected chi connectivity index (χ4v) is 3.89. The second-order valence-corrected chi connectivity index (χ2v) is 6.10. The molecule has 0 radical (unpaired) electrons. The van der Waals surface area contributed by atoms with E-state index < -0.39 is 0 Å². The Morgan fingerprint density at radius 3 is 2.62 bits per heavy atom. The predicted molar refractivity (Wildman–Crippen MR) is 80.8 cm³/mol. The van der Waals surface area contributed by atoms with Crippen LogP contribution in [0.2, 0.25) is 0 Å². The maximum absolute atomic E-state index is 12.4. The van der Waals surface area contributed by atoms with Crippen LogP contribution in [0.5, 0.6) is 0 Å². The number of rotatable bonds is 2. The van der Waals surface area contributed by atoms with Gasteiger partial charge in [0, 0.05) is 25.4 Å². The van der Waals surface area contributed by atoms with Gasteiger partial charge in [-0.3, -0.25) is 10.2 Å². The molecule has 1 unspecified atom stereocenters. The van der Waals surface area contributed by atoms with Crippen molar-refractivity contribution in [3.05, 3.63) is 47.3 Å². The number of carbonyl (C=O) groups excluding carboxylic acids is 1. The number of hydrogen-bond acceptors (Lipinski definition) is 3. The van der Waals surface area contributed by atoms with Gasteiger partial charge in [0.1, 0.15) is 6.04 Å². The van der Waals surface area contributed by atoms with E-state index in [1.807, 2.05) is 18.0 Å². The van der Waals surface area contributed by atoms with Gasteiger partial charge in [-0.15, -0.1) is 0 Å². The number of nitrogens with one attached hydrogen (secondary N) is 1. The van der Waals surface area contributed by atoms with Gasteiger partial charge >= 0.3 is 0 Å². The molecule has 0 aliphatic carbocycles. The number of allylic oxidation sites excluding steroid dienone is 1. The highest BCUT2D eigenvalue weighted by Gasteiger charge is 2.45. The van der Waals surface area contributed by atoms with Gasteiger partial charge < -0.3 is 4.90 Å². The normalized spacial score (nSPS) is 24.3. The summed E-state index contributed by atoms with van der Waals surface area (Å²) in [6, 6.07) is 10.4. The summed E-state index contributed by atoms with van der Waals surface area (Å²) in [5, 5.41) is 1.86. The van der Waals surface area contributed by atoms with Crippen molar-refractivity contribution in [3.8, 4) is 0 Å². The number of carbonyl (C=O) groups is 1. The van der Waals surface area contributed by atoms with Crippen LogP contribution in [0, 0.1) is 5.92 Å². The minimum Gasteiger partial charge on any atom is -0.371 e. The molecule has 2 bridgehead atoms. The quantitative estimate of drug-likeness (QED) is 0.905. The predicted octanol–water partition coefficient (Wildman–Crippen LogP) is 2.42. The Bertz CT molecular complexity index is 587. The summed E-state index contributed by atoms with van der Waals surface area (Å²) < 4.78 is 0. The molecule has 4 heteroatoms. The highest BCUT2D eigenvalue weighted by molar-refractivity contribution is 5.77. The number of fused-ring (bicyclic) bond motifs is 2. The zero-order chi connectivity index (χ0) is 14.4. The lowest BCUT2D eigenvalue weighted by molar-refractivity contribution is -0.134. The maximum atomic E-state index is 12.4. The van der Waals surface area contributed by atoms with Crippen molar-refractivity contribution < 1.29 is 4.79 Å². The van der Waals surface area contributed by atoms with Crippen LogP contribution in [0.3, 0.4) is 0 Å². The number of hydrogen-bond donors (Lipinski definition) is 1. The second kappa shape index (κ2) is 4.79. The van der Waals surface area contributed by atoms with Gasteiger partial charge in [0.05, 0.1) is 11.4 Å². The number of hydrazine groups is 1. The Morgan fingerprint density at radius 2 is 1.95 bits per heavy atom. The molecule has 0 spiro atoms. The van der Waals surface area contributed by atoms with Gasteiger partial charge in [-0.05, 0) is 18.4 Å². The van der Waals surface area contributed by atoms with Crippen LogP contribution in [0.25, 0.3) is 0 Å². The van der Waals surface area contributed by atoms with Crippen molar-refractivity contribution in [1.29, 1.82) is 0 Å². The lowest BCUT2D eigenvalue weighted by atomic mass is 9.85. The van der Waals surface area contributed by atoms with Crippen molar-refractivity contribution in [2.24, 2.45) is 5.92 Å². The van der Waals surface area contributed by atoms with E-state index in [4.69, 9.17) is 0 Å². The lowest BCUT2D eigenvalue weighted by Gasteiger charge is -2.42. The SMILES string of the molecule is CCC(=O)N1NC2=C(C1c1ccccc1)N1CCC2CC1. The van der Waals surface area contributed by atoms with E-state index in [0.717, 1.165) is 13.1 Å². The molecule has 110 valence electrons. The van der Waals surface area contributed by atoms with Gasteiger partial charge in [-0.2, -0.15) is 0 Å². The van der Waals surface area contributed by atoms with Gasteiger partial charge in [0.25, 0.3) is 0 Å². The van der Waals surface area contributed by atoms with Crippen LogP contribution in [-0.2, 0) is 4.79 Å². The van der Waals surface area contributed by atoms with Crippen LogP contribution >= 0.6 is 0 Å². The fourth-order valence-electron chi connectivity index (χ4n) is 3.89. The van der Waals surface area contributed by atoms with Crippen molar-refractivity contribution in [2.45, 2.75) is 32.2 Å². The Labute approximate surface area is 125 Å². The highest BCUT2D eigenvalue weighted by Crippen LogP contribution is 2.46. The minimum atomic E-state index is 0.0387. The molecule has 21 heavy (non-hydrogen) atoms. The largest absolute Gasteiger partial charge is 0.371 e. The summed E-state index contributed by atoms with van der Waals surface area (Å²) in [5.41, 5.74) is 7.28. The molecule has 1 aromatic carbocycles. The highest BCUT2D eigenvalue weighted by atomic mass is 16.2. The van der Waals surface area contributed by atoms with E-state index in [1.54, 1.807) is 0 Å². The van der Waals surface area contributed by atoms with Crippen LogP contribution in [-0.4, -0.2) is 28.9 Å². The summed E-state index contributed by atoms with van der Waals surface area (Å²) in [6.07, 6.45) is 2.95. The van der Waals surface area contributed by atoms with E-state index in [9.17, 15) is 4.79 Å². The van der Waals surface area contributed by atoms with Gasteiger partial charge in [0.15, 0.2) is 0 Å². The first-order valence-corrected chi connectivity index (χ1v) is 7.92. The molecule has 0 saturated carbocycles. The molecular weight excluding hydrogens is 262 g/mol. The average Bonchev–Trinajstić information content (AvgIpc) is 2.98. The Balaban J connectivity index is 1.80. The first-order chi connectivity index (χ1) is 10.3. The molecule has 1 N–H and O–H groups in total. The van der Waals surface area contributed by atoms with E-state index in [1.165, 1.54) is 29.8 Å². The van der Waals surface area contributed by atoms with Crippen molar-refractivity contribution in [1.82, 2.24) is 15.3 Å². The third-order valence-corrected chi connectivity index (χ3v) is 4.96. The lowest BCUT2D eigenvalue weighted by Crippen LogP contribution is -2.41. The zero-order valence-electron chi connectivity index (χ0n) is 12.4. The van der Waals surface area contributed by atoms with Crippen molar-refractivity contribution in [3.63, 3.8) is 0 Å². The maximum Gasteiger partial charge on any atom is 0.241 e. The van der Waals surface area contributed by atoms with Crippen molar-refractivity contribution >= 4 is 5.91 Å². The summed E-state index contributed by atoms with van der Waals surface area (Å²) >= 11 is 0. The fraction of sp³-hybridized carbons (Fsp3) is 0.471. The Hall–Kier alpha value is -1.97. The second-order valence-electron chi connectivity index (χ2n) is 6.10. The third-order valence-electron chi connectivity index (χ3n) is 4.96. The van der Waals surface area contributed by atoms with Gasteiger partial charge in [-0.25, -0.2) is 5.01 Å². The van der Waals surface area contributed by atoms with Crippen LogP contribution in [0.1, 0.15) is 37.8 Å². The van der Waals surface area contributed by atoms with Gasteiger partial charge in [-0.1, -0.05) is 37.3 Å². The average molecular weight is 283 g/mol. The summed E-state index contributed by atoms with van der Waals surface area (Å²) in [5.74, 6) is 0.768. The topological polar surface area (TPSA) is 35.6 Å². The first-order valence-electron chi connectivity index (χ1n) is 7.92. The van der Waals surface area contributed by atoms with E-state index in [2.05, 4.69) is 34.6 Å². The molecule has 4 nitrogen and oxygen atoms in total. The van der Waals surface area contributed by atoms with E-state index >= 15 is 0 Å². The summed E-state index contributed by atoms with van der Waals surface area (Å²) in [6.45, 7) is 4.18. The number of amides is 1. The van der Waals surface area contributed by atoms with Crippen LogP contribution < -0.4 is 5.43 Å². The third kappa shape index (κ3) is 1.85. The number of benzene rings is 1. The van der Waals surface area contributed by atoms with E-state index in [0.29, 0.717) is 12.3 Å². The molecule has 4 aliphatic heterocycles. The standard InChI is InChI=1S/C17H21N3O/c1-2-14(21)20-16(13-6-4-3-5-7-13)17-15(18-20)12-8-10-19(17)11-9-12/h3-7,12,16,18H,2,8-11H2,1H3. The number of nitrogens with zero attached hydrogens (tertiary/aromatic N) is 2. The smallest absolute Gasteiger partial charge is 0.241 e.